The van der Waals surface area contributed by atoms with Crippen LogP contribution in [0.1, 0.15) is 37.0 Å². The number of benzene rings is 1. The van der Waals surface area contributed by atoms with Gasteiger partial charge in [0.05, 0.1) is 6.54 Å². The highest BCUT2D eigenvalue weighted by atomic mass is 19.1. The van der Waals surface area contributed by atoms with E-state index in [2.05, 4.69) is 13.8 Å². The molecular formula is C14H20FNO. The van der Waals surface area contributed by atoms with Crippen molar-refractivity contribution in [2.24, 2.45) is 0 Å². The topological polar surface area (TPSA) is 20.3 Å². The van der Waals surface area contributed by atoms with E-state index in [1.54, 1.807) is 12.1 Å². The molecule has 1 rings (SSSR count). The third kappa shape index (κ3) is 4.27. The first kappa shape index (κ1) is 13.8. The minimum absolute atomic E-state index is 0.0325. The Bertz CT molecular complexity index is 378. The molecule has 0 bridgehead atoms. The van der Waals surface area contributed by atoms with Crippen LogP contribution in [-0.4, -0.2) is 30.3 Å². The standard InChI is InChI=1S/C14H20FNO/c1-4-6-11(2)16(3)10-14(17)12-7-5-8-13(15)9-12/h5,7-9,11H,4,6,10H2,1-3H3. The lowest BCUT2D eigenvalue weighted by Gasteiger charge is -2.23. The molecule has 0 aromatic heterocycles. The van der Waals surface area contributed by atoms with E-state index in [9.17, 15) is 9.18 Å². The molecule has 3 heteroatoms. The highest BCUT2D eigenvalue weighted by Crippen LogP contribution is 2.08. The normalized spacial score (nSPS) is 12.8. The molecule has 1 aromatic rings. The van der Waals surface area contributed by atoms with Crippen LogP contribution in [0.5, 0.6) is 0 Å². The number of likely N-dealkylation sites (N-methyl/N-ethyl adjacent to an activating group) is 1. The van der Waals surface area contributed by atoms with Crippen LogP contribution in [0, 0.1) is 5.82 Å². The molecule has 17 heavy (non-hydrogen) atoms. The zero-order valence-electron chi connectivity index (χ0n) is 10.7. The summed E-state index contributed by atoms with van der Waals surface area (Å²) in [4.78, 5) is 13.9. The van der Waals surface area contributed by atoms with E-state index in [1.165, 1.54) is 12.1 Å². The predicted molar refractivity (Wildman–Crippen MR) is 67.7 cm³/mol. The molecule has 0 radical (unpaired) electrons. The summed E-state index contributed by atoms with van der Waals surface area (Å²) in [5.74, 6) is -0.393. The second kappa shape index (κ2) is 6.50. The Kier molecular flexibility index (Phi) is 5.29. The first-order valence-electron chi connectivity index (χ1n) is 6.03. The molecular weight excluding hydrogens is 217 g/mol. The highest BCUT2D eigenvalue weighted by Gasteiger charge is 2.14. The van der Waals surface area contributed by atoms with Crippen molar-refractivity contribution in [1.82, 2.24) is 4.90 Å². The van der Waals surface area contributed by atoms with Crippen molar-refractivity contribution in [1.29, 1.82) is 0 Å². The predicted octanol–water partition coefficient (Wildman–Crippen LogP) is 3.13. The number of rotatable bonds is 6. The van der Waals surface area contributed by atoms with Crippen LogP contribution in [0.2, 0.25) is 0 Å². The zero-order valence-corrected chi connectivity index (χ0v) is 10.7. The van der Waals surface area contributed by atoms with E-state index in [1.807, 2.05) is 11.9 Å². The van der Waals surface area contributed by atoms with E-state index in [0.29, 0.717) is 18.2 Å². The number of hydrogen-bond donors (Lipinski definition) is 0. The number of Topliss-reactive ketones (excluding diaryl/α,β-unsaturated/α-hetero) is 1. The van der Waals surface area contributed by atoms with E-state index in [-0.39, 0.29) is 11.6 Å². The molecule has 0 amide bonds. The molecule has 0 saturated carbocycles. The summed E-state index contributed by atoms with van der Waals surface area (Å²) < 4.78 is 13.0. The molecule has 0 aliphatic rings. The number of carbonyl (C=O) groups is 1. The van der Waals surface area contributed by atoms with Gasteiger partial charge in [-0.3, -0.25) is 9.69 Å². The molecule has 0 fully saturated rings. The molecule has 0 spiro atoms. The minimum atomic E-state index is -0.361. The van der Waals surface area contributed by atoms with Gasteiger partial charge in [0, 0.05) is 11.6 Å². The van der Waals surface area contributed by atoms with Gasteiger partial charge in [0.15, 0.2) is 5.78 Å². The van der Waals surface area contributed by atoms with Crippen molar-refractivity contribution in [3.05, 3.63) is 35.6 Å². The van der Waals surface area contributed by atoms with Crippen molar-refractivity contribution in [2.45, 2.75) is 32.7 Å². The minimum Gasteiger partial charge on any atom is -0.296 e. The summed E-state index contributed by atoms with van der Waals surface area (Å²) in [5.41, 5.74) is 0.445. The van der Waals surface area contributed by atoms with Gasteiger partial charge in [-0.1, -0.05) is 25.5 Å². The van der Waals surface area contributed by atoms with Crippen LogP contribution >= 0.6 is 0 Å². The summed E-state index contributed by atoms with van der Waals surface area (Å²) in [6.07, 6.45) is 2.16. The smallest absolute Gasteiger partial charge is 0.176 e. The Morgan fingerprint density at radius 3 is 2.76 bits per heavy atom. The molecule has 1 atom stereocenters. The average Bonchev–Trinajstić information content (AvgIpc) is 2.29. The molecule has 0 N–H and O–H groups in total. The van der Waals surface area contributed by atoms with E-state index >= 15 is 0 Å². The van der Waals surface area contributed by atoms with Gasteiger partial charge in [-0.05, 0) is 32.5 Å². The number of hydrogen-bond acceptors (Lipinski definition) is 2. The first-order chi connectivity index (χ1) is 8.04. The molecule has 1 unspecified atom stereocenters. The quantitative estimate of drug-likeness (QED) is 0.708. The van der Waals surface area contributed by atoms with Crippen LogP contribution in [0.15, 0.2) is 24.3 Å². The fraction of sp³-hybridized carbons (Fsp3) is 0.500. The van der Waals surface area contributed by atoms with Crippen molar-refractivity contribution in [2.75, 3.05) is 13.6 Å². The lowest BCUT2D eigenvalue weighted by atomic mass is 10.1. The van der Waals surface area contributed by atoms with E-state index in [0.717, 1.165) is 12.8 Å². The molecule has 94 valence electrons. The van der Waals surface area contributed by atoms with E-state index in [4.69, 9.17) is 0 Å². The first-order valence-corrected chi connectivity index (χ1v) is 6.03. The summed E-state index contributed by atoms with van der Waals surface area (Å²) in [6, 6.07) is 6.24. The van der Waals surface area contributed by atoms with Crippen LogP contribution in [0.3, 0.4) is 0 Å². The van der Waals surface area contributed by atoms with Crippen molar-refractivity contribution < 1.29 is 9.18 Å². The Morgan fingerprint density at radius 1 is 1.47 bits per heavy atom. The maximum absolute atomic E-state index is 13.0. The number of nitrogens with zero attached hydrogens (tertiary/aromatic N) is 1. The molecule has 0 heterocycles. The number of halogens is 1. The van der Waals surface area contributed by atoms with Gasteiger partial charge >= 0.3 is 0 Å². The highest BCUT2D eigenvalue weighted by molar-refractivity contribution is 5.97. The third-order valence-electron chi connectivity index (χ3n) is 3.00. The lowest BCUT2D eigenvalue weighted by Crippen LogP contribution is -2.33. The largest absolute Gasteiger partial charge is 0.296 e. The van der Waals surface area contributed by atoms with Crippen LogP contribution in [0.25, 0.3) is 0 Å². The zero-order chi connectivity index (χ0) is 12.8. The Morgan fingerprint density at radius 2 is 2.18 bits per heavy atom. The van der Waals surface area contributed by atoms with Crippen LogP contribution < -0.4 is 0 Å². The fourth-order valence-electron chi connectivity index (χ4n) is 1.77. The van der Waals surface area contributed by atoms with Crippen LogP contribution in [0.4, 0.5) is 4.39 Å². The lowest BCUT2D eigenvalue weighted by molar-refractivity contribution is 0.0921. The van der Waals surface area contributed by atoms with Gasteiger partial charge in [-0.2, -0.15) is 0 Å². The van der Waals surface area contributed by atoms with Gasteiger partial charge in [0.2, 0.25) is 0 Å². The number of ketones is 1. The Balaban J connectivity index is 2.60. The maximum atomic E-state index is 13.0. The summed E-state index contributed by atoms with van der Waals surface area (Å²) >= 11 is 0. The fourth-order valence-corrected chi connectivity index (χ4v) is 1.77. The average molecular weight is 237 g/mol. The van der Waals surface area contributed by atoms with Crippen LogP contribution in [-0.2, 0) is 0 Å². The summed E-state index contributed by atoms with van der Waals surface area (Å²) in [6.45, 7) is 4.56. The number of carbonyl (C=O) groups excluding carboxylic acids is 1. The molecule has 1 aromatic carbocycles. The molecule has 0 aliphatic heterocycles. The SMILES string of the molecule is CCCC(C)N(C)CC(=O)c1cccc(F)c1. The second-order valence-electron chi connectivity index (χ2n) is 4.49. The Hall–Kier alpha value is -1.22. The van der Waals surface area contributed by atoms with Gasteiger partial charge in [-0.25, -0.2) is 4.39 Å². The van der Waals surface area contributed by atoms with E-state index < -0.39 is 0 Å². The third-order valence-corrected chi connectivity index (χ3v) is 3.00. The van der Waals surface area contributed by atoms with Crippen molar-refractivity contribution in [3.63, 3.8) is 0 Å². The summed E-state index contributed by atoms with van der Waals surface area (Å²) in [7, 11) is 1.93. The van der Waals surface area contributed by atoms with Gasteiger partial charge in [0.25, 0.3) is 0 Å². The molecule has 0 saturated heterocycles. The van der Waals surface area contributed by atoms with Gasteiger partial charge in [0.1, 0.15) is 5.82 Å². The maximum Gasteiger partial charge on any atom is 0.176 e. The molecule has 0 aliphatic carbocycles. The van der Waals surface area contributed by atoms with Crippen molar-refractivity contribution in [3.8, 4) is 0 Å². The monoisotopic (exact) mass is 237 g/mol. The molecule has 2 nitrogen and oxygen atoms in total. The second-order valence-corrected chi connectivity index (χ2v) is 4.49. The van der Waals surface area contributed by atoms with Gasteiger partial charge in [-0.15, -0.1) is 0 Å². The van der Waals surface area contributed by atoms with Gasteiger partial charge < -0.3 is 0 Å². The van der Waals surface area contributed by atoms with Crippen molar-refractivity contribution >= 4 is 5.78 Å². The summed E-state index contributed by atoms with van der Waals surface area (Å²) in [5, 5.41) is 0. The Labute approximate surface area is 102 Å².